The summed E-state index contributed by atoms with van der Waals surface area (Å²) >= 11 is 12.3. The number of carboxylic acids is 1. The van der Waals surface area contributed by atoms with Crippen LogP contribution in [0.4, 0.5) is 0 Å². The first kappa shape index (κ1) is 17.6. The second kappa shape index (κ2) is 6.15. The average Bonchev–Trinajstić information content (AvgIpc) is 2.90. The summed E-state index contributed by atoms with van der Waals surface area (Å²) in [6.07, 6.45) is 0. The third kappa shape index (κ3) is 2.62. The Balaban J connectivity index is 2.15. The molecule has 0 amide bonds. The lowest BCUT2D eigenvalue weighted by molar-refractivity contribution is 0.0697. The number of benzene rings is 2. The molecule has 2 aromatic heterocycles. The first-order valence-corrected chi connectivity index (χ1v) is 8.86. The van der Waals surface area contributed by atoms with Crippen LogP contribution in [0.5, 0.6) is 0 Å². The van der Waals surface area contributed by atoms with E-state index in [1.165, 1.54) is 0 Å². The highest BCUT2D eigenvalue weighted by molar-refractivity contribution is 6.36. The topological polar surface area (TPSA) is 64.2 Å². The molecule has 2 heterocycles. The average molecular weight is 401 g/mol. The molecule has 5 nitrogen and oxygen atoms in total. The van der Waals surface area contributed by atoms with Gasteiger partial charge in [-0.15, -0.1) is 0 Å². The minimum atomic E-state index is -1.00. The molecule has 4 aromatic rings. The Morgan fingerprint density at radius 1 is 0.926 bits per heavy atom. The highest BCUT2D eigenvalue weighted by Gasteiger charge is 2.18. The minimum absolute atomic E-state index is 0.190. The minimum Gasteiger partial charge on any atom is -0.478 e. The maximum Gasteiger partial charge on any atom is 0.335 e. The fraction of sp³-hybridized carbons (Fsp3) is 0.100. The number of nitrogens with zero attached hydrogens (tertiary/aromatic N) is 2. The first-order valence-electron chi connectivity index (χ1n) is 8.10. The van der Waals surface area contributed by atoms with Gasteiger partial charge in [-0.05, 0) is 36.4 Å². The molecule has 1 N–H and O–H groups in total. The zero-order chi connectivity index (χ0) is 19.5. The van der Waals surface area contributed by atoms with Crippen molar-refractivity contribution in [1.29, 1.82) is 0 Å². The standard InChI is InChI=1S/C20H14Cl2N2O3/c1-23-17-6-3-10(20(26)27)7-13(17)14-9-15(19(25)24(2)18(14)23)12-5-4-11(21)8-16(12)22/h3-9H,1-2H3,(H,26,27). The van der Waals surface area contributed by atoms with Gasteiger partial charge in [-0.25, -0.2) is 4.79 Å². The van der Waals surface area contributed by atoms with E-state index in [-0.39, 0.29) is 11.1 Å². The third-order valence-electron chi connectivity index (χ3n) is 4.82. The van der Waals surface area contributed by atoms with E-state index in [0.717, 1.165) is 16.3 Å². The van der Waals surface area contributed by atoms with Crippen LogP contribution < -0.4 is 5.56 Å². The molecule has 0 atom stereocenters. The summed E-state index contributed by atoms with van der Waals surface area (Å²) in [5.41, 5.74) is 2.54. The molecule has 0 unspecified atom stereocenters. The number of aromatic nitrogens is 2. The number of rotatable bonds is 2. The van der Waals surface area contributed by atoms with Crippen LogP contribution >= 0.6 is 23.2 Å². The number of carboxylic acid groups (broad SMARTS) is 1. The van der Waals surface area contributed by atoms with E-state index in [2.05, 4.69) is 0 Å². The quantitative estimate of drug-likeness (QED) is 0.530. The van der Waals surface area contributed by atoms with Gasteiger partial charge in [0.2, 0.25) is 0 Å². The maximum atomic E-state index is 13.0. The molecule has 0 aliphatic rings. The lowest BCUT2D eigenvalue weighted by atomic mass is 10.0. The molecule has 0 bridgehead atoms. The molecule has 2 aromatic carbocycles. The Labute approximate surface area is 164 Å². The lowest BCUT2D eigenvalue weighted by Crippen LogP contribution is -2.20. The molecule has 0 aliphatic heterocycles. The number of halogens is 2. The van der Waals surface area contributed by atoms with Crippen molar-refractivity contribution >= 4 is 51.1 Å². The van der Waals surface area contributed by atoms with Crippen LogP contribution in [0.3, 0.4) is 0 Å². The van der Waals surface area contributed by atoms with E-state index in [4.69, 9.17) is 23.2 Å². The van der Waals surface area contributed by atoms with Crippen molar-refractivity contribution in [2.45, 2.75) is 0 Å². The molecule has 7 heteroatoms. The van der Waals surface area contributed by atoms with Crippen molar-refractivity contribution in [2.24, 2.45) is 14.1 Å². The van der Waals surface area contributed by atoms with Gasteiger partial charge in [0.25, 0.3) is 5.56 Å². The van der Waals surface area contributed by atoms with Crippen LogP contribution in [0.15, 0.2) is 47.3 Å². The van der Waals surface area contributed by atoms with Crippen LogP contribution in [0.1, 0.15) is 10.4 Å². The summed E-state index contributed by atoms with van der Waals surface area (Å²) in [5, 5.41) is 11.7. The zero-order valence-electron chi connectivity index (χ0n) is 14.5. The zero-order valence-corrected chi connectivity index (χ0v) is 16.0. The molecule has 0 aliphatic carbocycles. The highest BCUT2D eigenvalue weighted by Crippen LogP contribution is 2.33. The van der Waals surface area contributed by atoms with Gasteiger partial charge in [0.05, 0.1) is 16.1 Å². The van der Waals surface area contributed by atoms with Gasteiger partial charge in [0, 0.05) is 41.0 Å². The normalized spacial score (nSPS) is 11.4. The van der Waals surface area contributed by atoms with Crippen molar-refractivity contribution in [3.63, 3.8) is 0 Å². The molecule has 136 valence electrons. The molecule has 0 saturated carbocycles. The van der Waals surface area contributed by atoms with E-state index < -0.39 is 5.97 Å². The largest absolute Gasteiger partial charge is 0.478 e. The van der Waals surface area contributed by atoms with Crippen LogP contribution in [-0.4, -0.2) is 20.2 Å². The first-order chi connectivity index (χ1) is 12.8. The Hall–Kier alpha value is -2.76. The summed E-state index contributed by atoms with van der Waals surface area (Å²) in [4.78, 5) is 24.4. The number of aryl methyl sites for hydroxylation is 2. The number of aromatic carboxylic acids is 1. The Morgan fingerprint density at radius 3 is 2.33 bits per heavy atom. The van der Waals surface area contributed by atoms with Crippen LogP contribution in [0.25, 0.3) is 33.1 Å². The van der Waals surface area contributed by atoms with Gasteiger partial charge in [-0.3, -0.25) is 9.36 Å². The summed E-state index contributed by atoms with van der Waals surface area (Å²) in [6.45, 7) is 0. The van der Waals surface area contributed by atoms with Crippen molar-refractivity contribution in [2.75, 3.05) is 0 Å². The SMILES string of the molecule is Cn1c(=O)c(-c2ccc(Cl)cc2Cl)cc2c3cc(C(=O)O)ccc3n(C)c21. The Morgan fingerprint density at radius 2 is 1.67 bits per heavy atom. The summed E-state index contributed by atoms with van der Waals surface area (Å²) < 4.78 is 3.43. The monoisotopic (exact) mass is 400 g/mol. The maximum absolute atomic E-state index is 13.0. The number of hydrogen-bond donors (Lipinski definition) is 1. The number of hydrogen-bond acceptors (Lipinski definition) is 2. The fourth-order valence-electron chi connectivity index (χ4n) is 3.52. The Kier molecular flexibility index (Phi) is 4.02. The van der Waals surface area contributed by atoms with Gasteiger partial charge in [-0.1, -0.05) is 29.3 Å². The van der Waals surface area contributed by atoms with E-state index >= 15 is 0 Å². The molecular weight excluding hydrogens is 387 g/mol. The van der Waals surface area contributed by atoms with Crippen molar-refractivity contribution in [3.8, 4) is 11.1 Å². The molecule has 0 saturated heterocycles. The van der Waals surface area contributed by atoms with Crippen LogP contribution in [0, 0.1) is 0 Å². The van der Waals surface area contributed by atoms with Gasteiger partial charge in [0.1, 0.15) is 5.65 Å². The van der Waals surface area contributed by atoms with Gasteiger partial charge in [-0.2, -0.15) is 0 Å². The van der Waals surface area contributed by atoms with Crippen molar-refractivity contribution in [3.05, 3.63) is 68.4 Å². The van der Waals surface area contributed by atoms with Crippen LogP contribution in [0.2, 0.25) is 10.0 Å². The number of fused-ring (bicyclic) bond motifs is 3. The molecular formula is C20H14Cl2N2O3. The third-order valence-corrected chi connectivity index (χ3v) is 5.36. The number of carbonyl (C=O) groups is 1. The predicted molar refractivity (Wildman–Crippen MR) is 108 cm³/mol. The second-order valence-electron chi connectivity index (χ2n) is 6.38. The highest BCUT2D eigenvalue weighted by atomic mass is 35.5. The van der Waals surface area contributed by atoms with Gasteiger partial charge >= 0.3 is 5.97 Å². The Bertz CT molecular complexity index is 1320. The van der Waals surface area contributed by atoms with E-state index in [9.17, 15) is 14.7 Å². The van der Waals surface area contributed by atoms with Gasteiger partial charge in [0.15, 0.2) is 0 Å². The number of pyridine rings is 1. The predicted octanol–water partition coefficient (Wildman–Crippen LogP) is 4.70. The molecule has 0 spiro atoms. The molecule has 0 fully saturated rings. The van der Waals surface area contributed by atoms with Crippen LogP contribution in [-0.2, 0) is 14.1 Å². The second-order valence-corrected chi connectivity index (χ2v) is 7.22. The summed E-state index contributed by atoms with van der Waals surface area (Å²) in [6, 6.07) is 11.7. The van der Waals surface area contributed by atoms with E-state index in [0.29, 0.717) is 26.8 Å². The summed E-state index contributed by atoms with van der Waals surface area (Å²) in [5.74, 6) is -1.00. The lowest BCUT2D eigenvalue weighted by Gasteiger charge is -2.09. The van der Waals surface area contributed by atoms with Crippen molar-refractivity contribution < 1.29 is 9.90 Å². The smallest absolute Gasteiger partial charge is 0.335 e. The molecule has 27 heavy (non-hydrogen) atoms. The van der Waals surface area contributed by atoms with E-state index in [1.54, 1.807) is 54.1 Å². The van der Waals surface area contributed by atoms with Crippen molar-refractivity contribution in [1.82, 2.24) is 9.13 Å². The fourth-order valence-corrected chi connectivity index (χ4v) is 4.03. The van der Waals surface area contributed by atoms with Gasteiger partial charge < -0.3 is 9.67 Å². The molecule has 0 radical (unpaired) electrons. The summed E-state index contributed by atoms with van der Waals surface area (Å²) in [7, 11) is 3.54. The van der Waals surface area contributed by atoms with E-state index in [1.807, 2.05) is 11.6 Å². The molecule has 4 rings (SSSR count).